The van der Waals surface area contributed by atoms with E-state index >= 15 is 0 Å². The molecule has 0 heterocycles. The largest absolute Gasteiger partial charge is 0.398 e. The van der Waals surface area contributed by atoms with Gasteiger partial charge in [-0.25, -0.2) is 4.39 Å². The minimum Gasteiger partial charge on any atom is -0.398 e. The third-order valence-electron chi connectivity index (χ3n) is 2.67. The Bertz CT molecular complexity index is 579. The van der Waals surface area contributed by atoms with Crippen LogP contribution in [0.4, 0.5) is 15.8 Å². The van der Waals surface area contributed by atoms with Gasteiger partial charge in [0.05, 0.1) is 5.56 Å². The summed E-state index contributed by atoms with van der Waals surface area (Å²) in [4.78, 5) is 12.0. The zero-order chi connectivity index (χ0) is 13.1. The number of nitrogen functional groups attached to an aromatic ring is 1. The lowest BCUT2D eigenvalue weighted by atomic mass is 10.1. The number of rotatable bonds is 2. The van der Waals surface area contributed by atoms with Gasteiger partial charge in [-0.15, -0.1) is 0 Å². The molecule has 92 valence electrons. The Morgan fingerprint density at radius 1 is 1.17 bits per heavy atom. The molecular weight excluding hydrogens is 231 g/mol. The molecule has 0 atom stereocenters. The molecule has 2 aromatic carbocycles. The first kappa shape index (κ1) is 12.1. The summed E-state index contributed by atoms with van der Waals surface area (Å²) in [6.45, 7) is 1.84. The molecule has 0 saturated heterocycles. The molecule has 2 rings (SSSR count). The molecule has 0 aromatic heterocycles. The number of aryl methyl sites for hydroxylation is 1. The lowest BCUT2D eigenvalue weighted by Crippen LogP contribution is -2.14. The van der Waals surface area contributed by atoms with Crippen LogP contribution in [0, 0.1) is 12.7 Å². The van der Waals surface area contributed by atoms with Crippen molar-refractivity contribution in [2.75, 3.05) is 11.1 Å². The van der Waals surface area contributed by atoms with Crippen LogP contribution in [0.3, 0.4) is 0 Å². The average molecular weight is 244 g/mol. The highest BCUT2D eigenvalue weighted by molar-refractivity contribution is 6.08. The molecular formula is C14H13FN2O. The number of hydrogen-bond donors (Lipinski definition) is 2. The lowest BCUT2D eigenvalue weighted by molar-refractivity contribution is 0.102. The van der Waals surface area contributed by atoms with Crippen LogP contribution in [-0.2, 0) is 0 Å². The highest BCUT2D eigenvalue weighted by Gasteiger charge is 2.10. The highest BCUT2D eigenvalue weighted by atomic mass is 19.1. The SMILES string of the molecule is Cc1cccc(C(=O)Nc2ccc(F)cc2)c1N. The molecule has 0 bridgehead atoms. The van der Waals surface area contributed by atoms with Crippen molar-refractivity contribution in [3.05, 3.63) is 59.4 Å². The van der Waals surface area contributed by atoms with Gasteiger partial charge in [0.2, 0.25) is 0 Å². The predicted octanol–water partition coefficient (Wildman–Crippen LogP) is 2.97. The zero-order valence-corrected chi connectivity index (χ0v) is 9.91. The first-order valence-electron chi connectivity index (χ1n) is 5.50. The molecule has 0 saturated carbocycles. The number of anilines is 2. The van der Waals surface area contributed by atoms with Gasteiger partial charge in [-0.1, -0.05) is 12.1 Å². The van der Waals surface area contributed by atoms with Gasteiger partial charge in [0.25, 0.3) is 5.91 Å². The van der Waals surface area contributed by atoms with Crippen LogP contribution >= 0.6 is 0 Å². The number of hydrogen-bond acceptors (Lipinski definition) is 2. The van der Waals surface area contributed by atoms with Crippen molar-refractivity contribution in [1.82, 2.24) is 0 Å². The monoisotopic (exact) mass is 244 g/mol. The zero-order valence-electron chi connectivity index (χ0n) is 9.91. The van der Waals surface area contributed by atoms with E-state index in [0.717, 1.165) is 5.56 Å². The third kappa shape index (κ3) is 2.48. The van der Waals surface area contributed by atoms with Crippen molar-refractivity contribution in [2.45, 2.75) is 6.92 Å². The summed E-state index contributed by atoms with van der Waals surface area (Å²) in [5, 5.41) is 2.67. The fraction of sp³-hybridized carbons (Fsp3) is 0.0714. The minimum atomic E-state index is -0.344. The molecule has 0 radical (unpaired) electrons. The van der Waals surface area contributed by atoms with Crippen LogP contribution in [0.5, 0.6) is 0 Å². The van der Waals surface area contributed by atoms with Gasteiger partial charge in [0, 0.05) is 11.4 Å². The number of benzene rings is 2. The number of carbonyl (C=O) groups excluding carboxylic acids is 1. The lowest BCUT2D eigenvalue weighted by Gasteiger charge is -2.09. The second-order valence-corrected chi connectivity index (χ2v) is 4.00. The van der Waals surface area contributed by atoms with Crippen molar-refractivity contribution < 1.29 is 9.18 Å². The van der Waals surface area contributed by atoms with Crippen LogP contribution in [0.1, 0.15) is 15.9 Å². The van der Waals surface area contributed by atoms with Gasteiger partial charge < -0.3 is 11.1 Å². The van der Waals surface area contributed by atoms with Gasteiger partial charge in [-0.2, -0.15) is 0 Å². The highest BCUT2D eigenvalue weighted by Crippen LogP contribution is 2.18. The van der Waals surface area contributed by atoms with Gasteiger partial charge in [0.15, 0.2) is 0 Å². The second-order valence-electron chi connectivity index (χ2n) is 4.00. The summed E-state index contributed by atoms with van der Waals surface area (Å²) in [7, 11) is 0. The second kappa shape index (κ2) is 4.87. The van der Waals surface area contributed by atoms with Crippen molar-refractivity contribution in [3.63, 3.8) is 0 Å². The van der Waals surface area contributed by atoms with Gasteiger partial charge >= 0.3 is 0 Å². The molecule has 0 aliphatic carbocycles. The number of amides is 1. The summed E-state index contributed by atoms with van der Waals surface area (Å²) in [6, 6.07) is 10.8. The first-order chi connectivity index (χ1) is 8.58. The third-order valence-corrected chi connectivity index (χ3v) is 2.67. The van der Waals surface area contributed by atoms with Gasteiger partial charge in [-0.05, 0) is 42.8 Å². The Balaban J connectivity index is 2.22. The molecule has 0 unspecified atom stereocenters. The topological polar surface area (TPSA) is 55.1 Å². The van der Waals surface area contributed by atoms with Crippen LogP contribution in [-0.4, -0.2) is 5.91 Å². The molecule has 4 heteroatoms. The van der Waals surface area contributed by atoms with E-state index in [1.165, 1.54) is 24.3 Å². The maximum atomic E-state index is 12.7. The quantitative estimate of drug-likeness (QED) is 0.798. The minimum absolute atomic E-state index is 0.303. The van der Waals surface area contributed by atoms with E-state index in [4.69, 9.17) is 5.73 Å². The van der Waals surface area contributed by atoms with Crippen LogP contribution < -0.4 is 11.1 Å². The Morgan fingerprint density at radius 2 is 1.83 bits per heavy atom. The number of para-hydroxylation sites is 1. The molecule has 3 N–H and O–H groups in total. The van der Waals surface area contributed by atoms with Gasteiger partial charge in [0.1, 0.15) is 5.82 Å². The summed E-state index contributed by atoms with van der Waals surface area (Å²) in [5.74, 6) is -0.647. The van der Waals surface area contributed by atoms with Crippen molar-refractivity contribution >= 4 is 17.3 Å². The maximum absolute atomic E-state index is 12.7. The van der Waals surface area contributed by atoms with E-state index in [9.17, 15) is 9.18 Å². The molecule has 2 aromatic rings. The Hall–Kier alpha value is -2.36. The molecule has 0 aliphatic heterocycles. The van der Waals surface area contributed by atoms with Crippen LogP contribution in [0.15, 0.2) is 42.5 Å². The Labute approximate surface area is 104 Å². The summed E-state index contributed by atoms with van der Waals surface area (Å²) >= 11 is 0. The first-order valence-corrected chi connectivity index (χ1v) is 5.50. The number of carbonyl (C=O) groups is 1. The number of halogens is 1. The van der Waals surface area contributed by atoms with E-state index in [1.54, 1.807) is 12.1 Å². The summed E-state index contributed by atoms with van der Waals surface area (Å²) in [5.41, 5.74) is 8.09. The smallest absolute Gasteiger partial charge is 0.257 e. The predicted molar refractivity (Wildman–Crippen MR) is 69.9 cm³/mol. The summed E-state index contributed by atoms with van der Waals surface area (Å²) < 4.78 is 12.7. The molecule has 0 aliphatic rings. The van der Waals surface area contributed by atoms with E-state index in [0.29, 0.717) is 16.9 Å². The van der Waals surface area contributed by atoms with E-state index in [2.05, 4.69) is 5.32 Å². The molecule has 0 spiro atoms. The standard InChI is InChI=1S/C14H13FN2O/c1-9-3-2-4-12(13(9)16)14(18)17-11-7-5-10(15)6-8-11/h2-8H,16H2,1H3,(H,17,18). The van der Waals surface area contributed by atoms with E-state index in [-0.39, 0.29) is 11.7 Å². The van der Waals surface area contributed by atoms with Crippen LogP contribution in [0.25, 0.3) is 0 Å². The Kier molecular flexibility index (Phi) is 3.28. The molecule has 18 heavy (non-hydrogen) atoms. The fourth-order valence-corrected chi connectivity index (χ4v) is 1.61. The average Bonchev–Trinajstić information content (AvgIpc) is 2.35. The number of nitrogens with two attached hydrogens (primary N) is 1. The van der Waals surface area contributed by atoms with E-state index in [1.807, 2.05) is 13.0 Å². The van der Waals surface area contributed by atoms with Crippen LogP contribution in [0.2, 0.25) is 0 Å². The molecule has 3 nitrogen and oxygen atoms in total. The summed E-state index contributed by atoms with van der Waals surface area (Å²) in [6.07, 6.45) is 0. The maximum Gasteiger partial charge on any atom is 0.257 e. The number of nitrogens with one attached hydrogen (secondary N) is 1. The van der Waals surface area contributed by atoms with Crippen molar-refractivity contribution in [3.8, 4) is 0 Å². The van der Waals surface area contributed by atoms with E-state index < -0.39 is 0 Å². The molecule has 1 amide bonds. The Morgan fingerprint density at radius 3 is 2.50 bits per heavy atom. The normalized spacial score (nSPS) is 10.1. The van der Waals surface area contributed by atoms with Gasteiger partial charge in [-0.3, -0.25) is 4.79 Å². The fourth-order valence-electron chi connectivity index (χ4n) is 1.61. The van der Waals surface area contributed by atoms with Crippen molar-refractivity contribution in [2.24, 2.45) is 0 Å². The molecule has 0 fully saturated rings. The van der Waals surface area contributed by atoms with Crippen molar-refractivity contribution in [1.29, 1.82) is 0 Å².